The Morgan fingerprint density at radius 2 is 2.14 bits per heavy atom. The fourth-order valence-corrected chi connectivity index (χ4v) is 2.90. The van der Waals surface area contributed by atoms with E-state index in [4.69, 9.17) is 33.0 Å². The second-order valence-corrected chi connectivity index (χ2v) is 6.14. The van der Waals surface area contributed by atoms with E-state index in [1.54, 1.807) is 19.1 Å². The van der Waals surface area contributed by atoms with Crippen molar-refractivity contribution in [2.45, 2.75) is 25.9 Å². The molecule has 0 saturated carbocycles. The molecule has 1 aliphatic heterocycles. The van der Waals surface area contributed by atoms with Gasteiger partial charge in [-0.1, -0.05) is 23.2 Å². The second-order valence-electron chi connectivity index (χ2n) is 5.30. The van der Waals surface area contributed by atoms with E-state index < -0.39 is 18.0 Å². The van der Waals surface area contributed by atoms with Gasteiger partial charge in [-0.2, -0.15) is 0 Å². The molecule has 0 radical (unpaired) electrons. The normalized spacial score (nSPS) is 19.6. The topological polar surface area (TPSA) is 66.8 Å². The summed E-state index contributed by atoms with van der Waals surface area (Å²) >= 11 is 11.8. The molecule has 2 atom stereocenters. The van der Waals surface area contributed by atoms with Crippen molar-refractivity contribution in [3.63, 3.8) is 0 Å². The van der Waals surface area contributed by atoms with Crippen LogP contribution in [0.4, 0.5) is 0 Å². The third-order valence-electron chi connectivity index (χ3n) is 3.63. The Morgan fingerprint density at radius 3 is 2.77 bits per heavy atom. The van der Waals surface area contributed by atoms with Crippen LogP contribution in [-0.4, -0.2) is 41.1 Å². The van der Waals surface area contributed by atoms with Gasteiger partial charge in [0.1, 0.15) is 5.75 Å². The smallest absolute Gasteiger partial charge is 0.308 e. The molecule has 5 nitrogen and oxygen atoms in total. The van der Waals surface area contributed by atoms with Gasteiger partial charge < -0.3 is 14.7 Å². The zero-order valence-corrected chi connectivity index (χ0v) is 13.6. The second kappa shape index (κ2) is 7.20. The molecule has 1 N–H and O–H groups in total. The molecular formula is C15H17Cl2NO4. The number of carbonyl (C=O) groups is 2. The molecule has 1 aliphatic rings. The van der Waals surface area contributed by atoms with Gasteiger partial charge in [0.25, 0.3) is 5.91 Å². The Bertz CT molecular complexity index is 579. The van der Waals surface area contributed by atoms with Crippen molar-refractivity contribution in [2.75, 3.05) is 13.1 Å². The maximum Gasteiger partial charge on any atom is 0.308 e. The number of ether oxygens (including phenoxy) is 1. The zero-order valence-electron chi connectivity index (χ0n) is 12.1. The Kier molecular flexibility index (Phi) is 5.53. The molecule has 0 aromatic heterocycles. The molecule has 1 heterocycles. The van der Waals surface area contributed by atoms with Crippen molar-refractivity contribution in [3.05, 3.63) is 28.2 Å². The lowest BCUT2D eigenvalue weighted by atomic mass is 9.98. The van der Waals surface area contributed by atoms with Gasteiger partial charge in [0.2, 0.25) is 0 Å². The van der Waals surface area contributed by atoms with Gasteiger partial charge in [-0.05, 0) is 38.0 Å². The van der Waals surface area contributed by atoms with E-state index in [1.165, 1.54) is 11.0 Å². The third-order valence-corrected chi connectivity index (χ3v) is 4.16. The molecule has 0 bridgehead atoms. The molecule has 1 saturated heterocycles. The number of carboxylic acids is 1. The quantitative estimate of drug-likeness (QED) is 0.910. The molecule has 0 spiro atoms. The van der Waals surface area contributed by atoms with Crippen LogP contribution in [0.2, 0.25) is 10.0 Å². The highest BCUT2D eigenvalue weighted by atomic mass is 35.5. The van der Waals surface area contributed by atoms with Crippen LogP contribution in [0.15, 0.2) is 18.2 Å². The summed E-state index contributed by atoms with van der Waals surface area (Å²) in [6.07, 6.45) is 0.528. The summed E-state index contributed by atoms with van der Waals surface area (Å²) in [6.45, 7) is 2.39. The number of hydrogen-bond donors (Lipinski definition) is 1. The van der Waals surface area contributed by atoms with Crippen molar-refractivity contribution in [1.82, 2.24) is 4.90 Å². The van der Waals surface area contributed by atoms with E-state index in [0.717, 1.165) is 0 Å². The predicted molar refractivity (Wildman–Crippen MR) is 83.5 cm³/mol. The van der Waals surface area contributed by atoms with Crippen molar-refractivity contribution >= 4 is 35.1 Å². The van der Waals surface area contributed by atoms with E-state index in [9.17, 15) is 9.59 Å². The van der Waals surface area contributed by atoms with E-state index in [1.807, 2.05) is 0 Å². The molecule has 1 aromatic rings. The number of hydrogen-bond acceptors (Lipinski definition) is 3. The number of carboxylic acid groups (broad SMARTS) is 1. The Balaban J connectivity index is 2.01. The van der Waals surface area contributed by atoms with Crippen molar-refractivity contribution in [3.8, 4) is 5.75 Å². The van der Waals surface area contributed by atoms with Gasteiger partial charge >= 0.3 is 5.97 Å². The van der Waals surface area contributed by atoms with Gasteiger partial charge in [-0.15, -0.1) is 0 Å². The molecule has 1 aromatic carbocycles. The molecular weight excluding hydrogens is 329 g/mol. The number of piperidine rings is 1. The minimum atomic E-state index is -0.869. The largest absolute Gasteiger partial charge is 0.481 e. The molecule has 2 rings (SSSR count). The minimum absolute atomic E-state index is 0.218. The van der Waals surface area contributed by atoms with Crippen molar-refractivity contribution in [1.29, 1.82) is 0 Å². The monoisotopic (exact) mass is 345 g/mol. The number of amides is 1. The third kappa shape index (κ3) is 4.05. The summed E-state index contributed by atoms with van der Waals surface area (Å²) in [7, 11) is 0. The van der Waals surface area contributed by atoms with Crippen LogP contribution >= 0.6 is 23.2 Å². The number of rotatable bonds is 4. The maximum atomic E-state index is 12.4. The van der Waals surface area contributed by atoms with Gasteiger partial charge in [-0.3, -0.25) is 9.59 Å². The van der Waals surface area contributed by atoms with Gasteiger partial charge in [0.15, 0.2) is 6.10 Å². The van der Waals surface area contributed by atoms with Crippen LogP contribution in [0.1, 0.15) is 19.8 Å². The summed E-state index contributed by atoms with van der Waals surface area (Å²) in [4.78, 5) is 25.0. The summed E-state index contributed by atoms with van der Waals surface area (Å²) < 4.78 is 5.58. The highest BCUT2D eigenvalue weighted by molar-refractivity contribution is 6.35. The number of nitrogens with zero attached hydrogens (tertiary/aromatic N) is 1. The molecule has 120 valence electrons. The van der Waals surface area contributed by atoms with Crippen LogP contribution < -0.4 is 4.74 Å². The zero-order chi connectivity index (χ0) is 16.3. The van der Waals surface area contributed by atoms with Gasteiger partial charge in [0, 0.05) is 18.1 Å². The number of aliphatic carboxylic acids is 1. The highest BCUT2D eigenvalue weighted by Gasteiger charge is 2.31. The predicted octanol–water partition coefficient (Wildman–Crippen LogP) is 3.08. The summed E-state index contributed by atoms with van der Waals surface area (Å²) in [5.41, 5.74) is 0. The van der Waals surface area contributed by atoms with Crippen LogP contribution in [-0.2, 0) is 9.59 Å². The van der Waals surface area contributed by atoms with Crippen molar-refractivity contribution < 1.29 is 19.4 Å². The molecule has 0 aliphatic carbocycles. The molecule has 0 unspecified atom stereocenters. The summed E-state index contributed by atoms with van der Waals surface area (Å²) in [6, 6.07) is 4.77. The average molecular weight is 346 g/mol. The lowest BCUT2D eigenvalue weighted by Crippen LogP contribution is -2.47. The first-order chi connectivity index (χ1) is 10.4. The fraction of sp³-hybridized carbons (Fsp3) is 0.467. The summed E-state index contributed by atoms with van der Waals surface area (Å²) in [5.74, 6) is -1.24. The van der Waals surface area contributed by atoms with E-state index in [2.05, 4.69) is 0 Å². The number of halogens is 2. The highest BCUT2D eigenvalue weighted by Crippen LogP contribution is 2.28. The van der Waals surface area contributed by atoms with Crippen molar-refractivity contribution in [2.24, 2.45) is 5.92 Å². The van der Waals surface area contributed by atoms with E-state index in [-0.39, 0.29) is 12.5 Å². The average Bonchev–Trinajstić information content (AvgIpc) is 2.49. The van der Waals surface area contributed by atoms with Gasteiger partial charge in [0.05, 0.1) is 10.9 Å². The molecule has 1 amide bonds. The Hall–Kier alpha value is -1.46. The molecule has 22 heavy (non-hydrogen) atoms. The molecule has 1 fully saturated rings. The first-order valence-corrected chi connectivity index (χ1v) is 7.77. The SMILES string of the molecule is C[C@@H](Oc1ccc(Cl)cc1Cl)C(=O)N1CCC[C@@H](C(=O)O)C1. The summed E-state index contributed by atoms with van der Waals surface area (Å²) in [5, 5.41) is 9.89. The number of benzene rings is 1. The number of likely N-dealkylation sites (tertiary alicyclic amines) is 1. The Labute approximate surface area is 138 Å². The first kappa shape index (κ1) is 16.9. The van der Waals surface area contributed by atoms with Crippen LogP contribution in [0, 0.1) is 5.92 Å². The fourth-order valence-electron chi connectivity index (χ4n) is 2.45. The number of carbonyl (C=O) groups excluding carboxylic acids is 1. The van der Waals surface area contributed by atoms with E-state index >= 15 is 0 Å². The van der Waals surface area contributed by atoms with Crippen LogP contribution in [0.5, 0.6) is 5.75 Å². The lowest BCUT2D eigenvalue weighted by Gasteiger charge is -2.32. The first-order valence-electron chi connectivity index (χ1n) is 7.01. The maximum absolute atomic E-state index is 12.4. The standard InChI is InChI=1S/C15H17Cl2NO4/c1-9(22-13-5-4-11(16)7-12(13)17)14(19)18-6-2-3-10(8-18)15(20)21/h4-5,7,9-10H,2-3,6,8H2,1H3,(H,20,21)/t9-,10-/m1/s1. The minimum Gasteiger partial charge on any atom is -0.481 e. The van der Waals surface area contributed by atoms with Crippen LogP contribution in [0.25, 0.3) is 0 Å². The Morgan fingerprint density at radius 1 is 1.41 bits per heavy atom. The molecule has 7 heteroatoms. The van der Waals surface area contributed by atoms with Crippen LogP contribution in [0.3, 0.4) is 0 Å². The van der Waals surface area contributed by atoms with E-state index in [0.29, 0.717) is 35.2 Å². The van der Waals surface area contributed by atoms with Gasteiger partial charge in [-0.25, -0.2) is 0 Å². The lowest BCUT2D eigenvalue weighted by molar-refractivity contribution is -0.147.